The Morgan fingerprint density at radius 3 is 2.65 bits per heavy atom. The number of likely N-dealkylation sites (tertiary alicyclic amines) is 1. The molecule has 4 amide bonds. The summed E-state index contributed by atoms with van der Waals surface area (Å²) < 4.78 is 0. The summed E-state index contributed by atoms with van der Waals surface area (Å²) in [6, 6.07) is 5.39. The van der Waals surface area contributed by atoms with Crippen LogP contribution in [0.15, 0.2) is 24.3 Å². The Balaban J connectivity index is 1.60. The fourth-order valence-electron chi connectivity index (χ4n) is 3.55. The number of nitrogens with one attached hydrogen (secondary N) is 1. The fraction of sp³-hybridized carbons (Fsp3) is 0.500. The number of piperidine rings is 1. The molecule has 140 valence electrons. The fourth-order valence-corrected chi connectivity index (χ4v) is 3.67. The third-order valence-electron chi connectivity index (χ3n) is 4.97. The zero-order chi connectivity index (χ0) is 18.7. The first-order chi connectivity index (χ1) is 12.5. The number of amides is 4. The first-order valence-electron chi connectivity index (χ1n) is 8.91. The molecule has 1 aromatic rings. The number of nitrogens with two attached hydrogens (primary N) is 1. The van der Waals surface area contributed by atoms with Crippen LogP contribution in [0.4, 0.5) is 10.5 Å². The molecule has 1 aromatic carbocycles. The lowest BCUT2D eigenvalue weighted by Crippen LogP contribution is -2.47. The van der Waals surface area contributed by atoms with Crippen molar-refractivity contribution in [3.8, 4) is 0 Å². The van der Waals surface area contributed by atoms with E-state index in [-0.39, 0.29) is 30.7 Å². The average molecular weight is 379 g/mol. The van der Waals surface area contributed by atoms with E-state index in [1.54, 1.807) is 24.3 Å². The molecule has 2 saturated heterocycles. The van der Waals surface area contributed by atoms with Gasteiger partial charge in [0.15, 0.2) is 0 Å². The highest BCUT2D eigenvalue weighted by Gasteiger charge is 2.39. The molecule has 8 heteroatoms. The summed E-state index contributed by atoms with van der Waals surface area (Å²) in [7, 11) is 0. The molecule has 0 spiro atoms. The molecule has 2 aliphatic heterocycles. The van der Waals surface area contributed by atoms with Gasteiger partial charge in [-0.05, 0) is 49.9 Å². The number of hydrogen-bond donors (Lipinski definition) is 2. The quantitative estimate of drug-likeness (QED) is 0.765. The second-order valence-corrected chi connectivity index (χ2v) is 7.10. The molecule has 2 atom stereocenters. The van der Waals surface area contributed by atoms with Crippen molar-refractivity contribution in [1.82, 2.24) is 10.2 Å². The van der Waals surface area contributed by atoms with Gasteiger partial charge in [-0.25, -0.2) is 9.69 Å². The van der Waals surface area contributed by atoms with Gasteiger partial charge in [-0.2, -0.15) is 0 Å². The largest absolute Gasteiger partial charge is 0.338 e. The van der Waals surface area contributed by atoms with E-state index in [4.69, 9.17) is 17.3 Å². The highest BCUT2D eigenvalue weighted by molar-refractivity contribution is 6.30. The number of anilines is 1. The zero-order valence-electron chi connectivity index (χ0n) is 14.5. The van der Waals surface area contributed by atoms with Gasteiger partial charge in [0.2, 0.25) is 5.91 Å². The summed E-state index contributed by atoms with van der Waals surface area (Å²) in [6.45, 7) is 1.16. The van der Waals surface area contributed by atoms with Crippen molar-refractivity contribution in [2.75, 3.05) is 18.0 Å². The maximum absolute atomic E-state index is 12.6. The first kappa shape index (κ1) is 18.7. The molecule has 2 aliphatic rings. The van der Waals surface area contributed by atoms with Gasteiger partial charge in [-0.1, -0.05) is 11.6 Å². The van der Waals surface area contributed by atoms with Crippen LogP contribution in [0, 0.1) is 0 Å². The molecule has 0 aliphatic carbocycles. The number of carbonyl (C=O) groups is 3. The van der Waals surface area contributed by atoms with E-state index in [0.717, 1.165) is 24.2 Å². The van der Waals surface area contributed by atoms with Gasteiger partial charge in [-0.3, -0.25) is 9.59 Å². The molecular weight excluding hydrogens is 356 g/mol. The van der Waals surface area contributed by atoms with Gasteiger partial charge in [0, 0.05) is 30.6 Å². The summed E-state index contributed by atoms with van der Waals surface area (Å²) in [5.74, 6) is -0.355. The summed E-state index contributed by atoms with van der Waals surface area (Å²) in [6.07, 6.45) is 3.47. The first-order valence-corrected chi connectivity index (χ1v) is 9.28. The highest BCUT2D eigenvalue weighted by atomic mass is 35.5. The van der Waals surface area contributed by atoms with Gasteiger partial charge in [0.25, 0.3) is 5.91 Å². The third-order valence-corrected chi connectivity index (χ3v) is 5.22. The van der Waals surface area contributed by atoms with Crippen LogP contribution in [0.3, 0.4) is 0 Å². The Morgan fingerprint density at radius 1 is 1.23 bits per heavy atom. The summed E-state index contributed by atoms with van der Waals surface area (Å²) in [4.78, 5) is 40.2. The van der Waals surface area contributed by atoms with E-state index >= 15 is 0 Å². The van der Waals surface area contributed by atoms with Crippen molar-refractivity contribution in [3.63, 3.8) is 0 Å². The van der Waals surface area contributed by atoms with Gasteiger partial charge in [0.05, 0.1) is 5.69 Å². The van der Waals surface area contributed by atoms with E-state index in [9.17, 15) is 14.4 Å². The molecule has 3 rings (SSSR count). The van der Waals surface area contributed by atoms with Crippen molar-refractivity contribution in [1.29, 1.82) is 0 Å². The Kier molecular flexibility index (Phi) is 5.78. The molecule has 0 radical (unpaired) electrons. The molecule has 0 saturated carbocycles. The maximum Gasteiger partial charge on any atom is 0.329 e. The van der Waals surface area contributed by atoms with Crippen molar-refractivity contribution in [3.05, 3.63) is 29.3 Å². The SMILES string of the molecule is NCC1CCCCN1C(=O)CCC1NC(=O)N(c2ccc(Cl)cc2)C1=O. The van der Waals surface area contributed by atoms with E-state index in [2.05, 4.69) is 5.32 Å². The number of nitrogens with zero attached hydrogens (tertiary/aromatic N) is 2. The van der Waals surface area contributed by atoms with Crippen LogP contribution in [0.25, 0.3) is 0 Å². The smallest absolute Gasteiger partial charge is 0.329 e. The molecule has 2 fully saturated rings. The minimum Gasteiger partial charge on any atom is -0.338 e. The summed E-state index contributed by atoms with van der Waals surface area (Å²) >= 11 is 5.85. The monoisotopic (exact) mass is 378 g/mol. The van der Waals surface area contributed by atoms with Crippen LogP contribution in [0.2, 0.25) is 5.02 Å². The second-order valence-electron chi connectivity index (χ2n) is 6.66. The molecule has 3 N–H and O–H groups in total. The lowest BCUT2D eigenvalue weighted by molar-refractivity contribution is -0.134. The van der Waals surface area contributed by atoms with Gasteiger partial charge in [0.1, 0.15) is 6.04 Å². The Hall–Kier alpha value is -2.12. The number of carbonyl (C=O) groups excluding carboxylic acids is 3. The summed E-state index contributed by atoms with van der Waals surface area (Å²) in [5, 5.41) is 3.19. The van der Waals surface area contributed by atoms with E-state index in [1.807, 2.05) is 4.90 Å². The topological polar surface area (TPSA) is 95.7 Å². The Bertz CT molecular complexity index is 694. The molecule has 0 aromatic heterocycles. The third kappa shape index (κ3) is 3.83. The minimum atomic E-state index is -0.691. The van der Waals surface area contributed by atoms with Crippen molar-refractivity contribution in [2.24, 2.45) is 5.73 Å². The molecule has 2 unspecified atom stereocenters. The molecule has 7 nitrogen and oxygen atoms in total. The van der Waals surface area contributed by atoms with Crippen LogP contribution >= 0.6 is 11.6 Å². The van der Waals surface area contributed by atoms with Gasteiger partial charge in [-0.15, -0.1) is 0 Å². The number of hydrogen-bond acceptors (Lipinski definition) is 4. The molecule has 0 bridgehead atoms. The zero-order valence-corrected chi connectivity index (χ0v) is 15.2. The van der Waals surface area contributed by atoms with E-state index < -0.39 is 12.1 Å². The van der Waals surface area contributed by atoms with Crippen LogP contribution in [0.1, 0.15) is 32.1 Å². The number of imide groups is 1. The normalized spacial score (nSPS) is 23.3. The Morgan fingerprint density at radius 2 is 1.96 bits per heavy atom. The summed E-state index contributed by atoms with van der Waals surface area (Å²) in [5.41, 5.74) is 6.23. The molecule has 2 heterocycles. The second kappa shape index (κ2) is 8.05. The van der Waals surface area contributed by atoms with Crippen LogP contribution in [0.5, 0.6) is 0 Å². The molecular formula is C18H23ClN4O3. The number of rotatable bonds is 5. The van der Waals surface area contributed by atoms with Crippen molar-refractivity contribution >= 4 is 35.1 Å². The van der Waals surface area contributed by atoms with Crippen LogP contribution in [-0.4, -0.2) is 47.9 Å². The average Bonchev–Trinajstić information content (AvgIpc) is 2.94. The van der Waals surface area contributed by atoms with Crippen LogP contribution in [-0.2, 0) is 9.59 Å². The van der Waals surface area contributed by atoms with E-state index in [1.165, 1.54) is 0 Å². The standard InChI is InChI=1S/C18H23ClN4O3/c19-12-4-6-13(7-5-12)23-17(25)15(21-18(23)26)8-9-16(24)22-10-2-1-3-14(22)11-20/h4-7,14-15H,1-3,8-11,20H2,(H,21,26). The van der Waals surface area contributed by atoms with Gasteiger partial charge >= 0.3 is 6.03 Å². The minimum absolute atomic E-state index is 0.00728. The number of benzene rings is 1. The molecule has 26 heavy (non-hydrogen) atoms. The van der Waals surface area contributed by atoms with Crippen LogP contribution < -0.4 is 16.0 Å². The predicted octanol–water partition coefficient (Wildman–Crippen LogP) is 1.88. The van der Waals surface area contributed by atoms with Gasteiger partial charge < -0.3 is 16.0 Å². The lowest BCUT2D eigenvalue weighted by atomic mass is 10.0. The highest BCUT2D eigenvalue weighted by Crippen LogP contribution is 2.24. The van der Waals surface area contributed by atoms with Crippen molar-refractivity contribution < 1.29 is 14.4 Å². The van der Waals surface area contributed by atoms with Crippen molar-refractivity contribution in [2.45, 2.75) is 44.2 Å². The lowest BCUT2D eigenvalue weighted by Gasteiger charge is -2.35. The Labute approximate surface area is 157 Å². The van der Waals surface area contributed by atoms with E-state index in [0.29, 0.717) is 23.8 Å². The predicted molar refractivity (Wildman–Crippen MR) is 98.9 cm³/mol. The number of urea groups is 1. The number of halogens is 1. The maximum atomic E-state index is 12.6.